The largest absolute Gasteiger partial charge is 0.341 e. The number of amides is 1. The zero-order valence-corrected chi connectivity index (χ0v) is 8.17. The van der Waals surface area contributed by atoms with E-state index in [0.29, 0.717) is 6.54 Å². The third-order valence-corrected chi connectivity index (χ3v) is 2.39. The van der Waals surface area contributed by atoms with Gasteiger partial charge in [0.05, 0.1) is 6.07 Å². The fourth-order valence-corrected chi connectivity index (χ4v) is 1.61. The van der Waals surface area contributed by atoms with Crippen molar-refractivity contribution in [3.8, 4) is 6.07 Å². The molecule has 1 aromatic heterocycles. The van der Waals surface area contributed by atoms with E-state index in [9.17, 15) is 4.79 Å². The number of thiophene rings is 1. The van der Waals surface area contributed by atoms with Crippen molar-refractivity contribution >= 4 is 17.2 Å². The van der Waals surface area contributed by atoms with Crippen molar-refractivity contribution < 1.29 is 4.79 Å². The van der Waals surface area contributed by atoms with Gasteiger partial charge in [-0.3, -0.25) is 4.79 Å². The highest BCUT2D eigenvalue weighted by Crippen LogP contribution is 2.08. The summed E-state index contributed by atoms with van der Waals surface area (Å²) in [4.78, 5) is 12.7. The molecule has 1 rings (SSSR count). The Morgan fingerprint density at radius 1 is 1.77 bits per heavy atom. The topological polar surface area (TPSA) is 44.1 Å². The first-order valence-corrected chi connectivity index (χ1v) is 4.80. The molecule has 3 nitrogen and oxygen atoms in total. The maximum absolute atomic E-state index is 11.2. The van der Waals surface area contributed by atoms with Gasteiger partial charge in [0, 0.05) is 13.6 Å². The van der Waals surface area contributed by atoms with Crippen LogP contribution in [-0.2, 0) is 11.3 Å². The van der Waals surface area contributed by atoms with Crippen molar-refractivity contribution in [2.24, 2.45) is 0 Å². The van der Waals surface area contributed by atoms with Crippen molar-refractivity contribution in [2.45, 2.75) is 13.0 Å². The average molecular weight is 194 g/mol. The van der Waals surface area contributed by atoms with Crippen LogP contribution in [0, 0.1) is 11.3 Å². The van der Waals surface area contributed by atoms with Crippen LogP contribution in [0.3, 0.4) is 0 Å². The normalized spacial score (nSPS) is 9.23. The van der Waals surface area contributed by atoms with E-state index in [2.05, 4.69) is 0 Å². The van der Waals surface area contributed by atoms with E-state index >= 15 is 0 Å². The molecule has 0 aliphatic rings. The summed E-state index contributed by atoms with van der Waals surface area (Å²) in [5.74, 6) is -0.131. The molecule has 0 saturated carbocycles. The maximum atomic E-state index is 11.2. The molecule has 1 heterocycles. The predicted molar refractivity (Wildman–Crippen MR) is 51.0 cm³/mol. The molecule has 0 atom stereocenters. The third-order valence-electron chi connectivity index (χ3n) is 1.66. The summed E-state index contributed by atoms with van der Waals surface area (Å²) in [5, 5.41) is 12.3. The third kappa shape index (κ3) is 2.88. The highest BCUT2D eigenvalue weighted by Gasteiger charge is 2.07. The Labute approximate surface area is 81.2 Å². The van der Waals surface area contributed by atoms with Crippen molar-refractivity contribution in [3.63, 3.8) is 0 Å². The van der Waals surface area contributed by atoms with Gasteiger partial charge in [0.25, 0.3) is 0 Å². The number of hydrogen-bond donors (Lipinski definition) is 0. The van der Waals surface area contributed by atoms with E-state index in [-0.39, 0.29) is 12.3 Å². The lowest BCUT2D eigenvalue weighted by Crippen LogP contribution is -2.25. The van der Waals surface area contributed by atoms with Gasteiger partial charge in [0.1, 0.15) is 6.42 Å². The summed E-state index contributed by atoms with van der Waals surface area (Å²) in [5.41, 5.74) is 1.11. The van der Waals surface area contributed by atoms with Crippen LogP contribution in [0.5, 0.6) is 0 Å². The second-order valence-electron chi connectivity index (χ2n) is 2.72. The SMILES string of the molecule is CN(Cc1ccsc1)C(=O)CC#N. The quantitative estimate of drug-likeness (QED) is 0.734. The van der Waals surface area contributed by atoms with E-state index in [0.717, 1.165) is 5.56 Å². The molecule has 0 aromatic carbocycles. The monoisotopic (exact) mass is 194 g/mol. The Balaban J connectivity index is 2.47. The van der Waals surface area contributed by atoms with Gasteiger partial charge in [0.15, 0.2) is 0 Å². The number of carbonyl (C=O) groups is 1. The molecule has 1 amide bonds. The van der Waals surface area contributed by atoms with Crippen molar-refractivity contribution in [3.05, 3.63) is 22.4 Å². The minimum Gasteiger partial charge on any atom is -0.341 e. The molecule has 0 fully saturated rings. The fourth-order valence-electron chi connectivity index (χ4n) is 0.947. The first kappa shape index (κ1) is 9.75. The van der Waals surface area contributed by atoms with E-state index in [1.54, 1.807) is 23.3 Å². The Kier molecular flexibility index (Phi) is 3.47. The molecule has 0 saturated heterocycles. The van der Waals surface area contributed by atoms with E-state index in [1.165, 1.54) is 0 Å². The van der Waals surface area contributed by atoms with Crippen molar-refractivity contribution in [1.82, 2.24) is 4.90 Å². The molecule has 0 aliphatic carbocycles. The molecule has 1 aromatic rings. The smallest absolute Gasteiger partial charge is 0.236 e. The highest BCUT2D eigenvalue weighted by molar-refractivity contribution is 7.07. The van der Waals surface area contributed by atoms with Gasteiger partial charge in [-0.2, -0.15) is 16.6 Å². The summed E-state index contributed by atoms with van der Waals surface area (Å²) in [6.45, 7) is 0.587. The number of nitrogens with zero attached hydrogens (tertiary/aromatic N) is 2. The lowest BCUT2D eigenvalue weighted by molar-refractivity contribution is -0.129. The van der Waals surface area contributed by atoms with Crippen molar-refractivity contribution in [1.29, 1.82) is 5.26 Å². The van der Waals surface area contributed by atoms with E-state index in [4.69, 9.17) is 5.26 Å². The first-order chi connectivity index (χ1) is 6.24. The number of rotatable bonds is 3. The van der Waals surface area contributed by atoms with Crippen LogP contribution in [0.25, 0.3) is 0 Å². The molecule has 13 heavy (non-hydrogen) atoms. The molecule has 4 heteroatoms. The Bertz CT molecular complexity index is 313. The highest BCUT2D eigenvalue weighted by atomic mass is 32.1. The summed E-state index contributed by atoms with van der Waals surface area (Å²) < 4.78 is 0. The molecule has 0 radical (unpaired) electrons. The summed E-state index contributed by atoms with van der Waals surface area (Å²) >= 11 is 1.60. The van der Waals surface area contributed by atoms with Gasteiger partial charge < -0.3 is 4.90 Å². The second-order valence-corrected chi connectivity index (χ2v) is 3.50. The molecule has 0 N–H and O–H groups in total. The lowest BCUT2D eigenvalue weighted by atomic mass is 10.3. The van der Waals surface area contributed by atoms with Crippen LogP contribution >= 0.6 is 11.3 Å². The van der Waals surface area contributed by atoms with Gasteiger partial charge in [-0.1, -0.05) is 0 Å². The lowest BCUT2D eigenvalue weighted by Gasteiger charge is -2.14. The average Bonchev–Trinajstić information content (AvgIpc) is 2.57. The molecule has 0 aliphatic heterocycles. The van der Waals surface area contributed by atoms with Crippen LogP contribution in [0.1, 0.15) is 12.0 Å². The minimum atomic E-state index is -0.131. The minimum absolute atomic E-state index is 0.0410. The molecular formula is C9H10N2OS. The van der Waals surface area contributed by atoms with E-state index in [1.807, 2.05) is 22.9 Å². The maximum Gasteiger partial charge on any atom is 0.236 e. The molecular weight excluding hydrogens is 184 g/mol. The Morgan fingerprint density at radius 3 is 3.08 bits per heavy atom. The van der Waals surface area contributed by atoms with Crippen molar-refractivity contribution in [2.75, 3.05) is 7.05 Å². The van der Waals surface area contributed by atoms with E-state index < -0.39 is 0 Å². The standard InChI is InChI=1S/C9H10N2OS/c1-11(9(12)2-4-10)6-8-3-5-13-7-8/h3,5,7H,2,6H2,1H3. The molecule has 0 bridgehead atoms. The van der Waals surface area contributed by atoms with Gasteiger partial charge >= 0.3 is 0 Å². The summed E-state index contributed by atoms with van der Waals surface area (Å²) in [6.07, 6.45) is -0.0410. The second kappa shape index (κ2) is 4.63. The zero-order chi connectivity index (χ0) is 9.68. The number of hydrogen-bond acceptors (Lipinski definition) is 3. The fraction of sp³-hybridized carbons (Fsp3) is 0.333. The Morgan fingerprint density at radius 2 is 2.54 bits per heavy atom. The molecule has 68 valence electrons. The van der Waals surface area contributed by atoms with Crippen LogP contribution < -0.4 is 0 Å². The zero-order valence-electron chi connectivity index (χ0n) is 7.36. The first-order valence-electron chi connectivity index (χ1n) is 3.86. The molecule has 0 spiro atoms. The molecule has 0 unspecified atom stereocenters. The number of nitriles is 1. The van der Waals surface area contributed by atoms with Crippen LogP contribution in [0.4, 0.5) is 0 Å². The van der Waals surface area contributed by atoms with Gasteiger partial charge in [0.2, 0.25) is 5.91 Å². The Hall–Kier alpha value is -1.34. The number of carbonyl (C=O) groups excluding carboxylic acids is 1. The van der Waals surface area contributed by atoms with Gasteiger partial charge in [-0.05, 0) is 22.4 Å². The predicted octanol–water partition coefficient (Wildman–Crippen LogP) is 1.62. The van der Waals surface area contributed by atoms with Crippen LogP contribution in [-0.4, -0.2) is 17.9 Å². The van der Waals surface area contributed by atoms with Gasteiger partial charge in [-0.15, -0.1) is 0 Å². The van der Waals surface area contributed by atoms with Crippen LogP contribution in [0.15, 0.2) is 16.8 Å². The van der Waals surface area contributed by atoms with Gasteiger partial charge in [-0.25, -0.2) is 0 Å². The van der Waals surface area contributed by atoms with Crippen LogP contribution in [0.2, 0.25) is 0 Å². The summed E-state index contributed by atoms with van der Waals surface area (Å²) in [7, 11) is 1.71. The summed E-state index contributed by atoms with van der Waals surface area (Å²) in [6, 6.07) is 3.81.